The lowest BCUT2D eigenvalue weighted by Crippen LogP contribution is -2.57. The zero-order valence-corrected chi connectivity index (χ0v) is 34.2. The molecular formula is C46H49N7O9. The molecule has 5 amide bonds. The fourth-order valence-electron chi connectivity index (χ4n) is 8.32. The number of para-hydroxylation sites is 1. The van der Waals surface area contributed by atoms with Crippen molar-refractivity contribution in [2.24, 2.45) is 11.7 Å². The average molecular weight is 844 g/mol. The van der Waals surface area contributed by atoms with E-state index in [1.807, 2.05) is 24.3 Å². The zero-order chi connectivity index (χ0) is 44.1. The minimum Gasteiger partial charge on any atom is -0.508 e. The van der Waals surface area contributed by atoms with Crippen molar-refractivity contribution in [3.8, 4) is 5.75 Å². The molecule has 0 bridgehead atoms. The number of aryl methyl sites for hydroxylation is 1. The Hall–Kier alpha value is -7.23. The predicted molar refractivity (Wildman–Crippen MR) is 230 cm³/mol. The highest BCUT2D eigenvalue weighted by Gasteiger charge is 2.40. The lowest BCUT2D eigenvalue weighted by Gasteiger charge is -2.30. The number of anilines is 1. The summed E-state index contributed by atoms with van der Waals surface area (Å²) in [5.74, 6) is -4.51. The van der Waals surface area contributed by atoms with Crippen LogP contribution in [0.4, 0.5) is 5.69 Å². The van der Waals surface area contributed by atoms with E-state index in [0.717, 1.165) is 16.5 Å². The summed E-state index contributed by atoms with van der Waals surface area (Å²) < 4.78 is 5.40. The van der Waals surface area contributed by atoms with Crippen LogP contribution < -0.4 is 32.6 Å². The molecule has 8 N–H and O–H groups in total. The van der Waals surface area contributed by atoms with E-state index in [4.69, 9.17) is 10.2 Å². The molecule has 4 heterocycles. The second-order valence-corrected chi connectivity index (χ2v) is 16.1. The molecule has 0 aliphatic carbocycles. The van der Waals surface area contributed by atoms with Gasteiger partial charge in [0.15, 0.2) is 5.78 Å². The standard InChI is InChI=1S/C46H49N7O9/c1-25-18-42(57)62-40-22-30(12-15-32(25)40)50-43(58)28(20-29-24-48-34-7-4-3-6-33(29)34)21-39(55)36(19-27-10-13-31(54)14-11-27)51-45(60)38-8-5-17-53(38)46(61)37(23-41(47)56)52-44(59)35-16-9-26(2)49-35/h3-4,6-7,10-15,18,22,24,28,35-38,48-49,54H,2,5,8-9,16-17,19-21,23H2,1H3,(H2,47,56)(H,50,58)(H,51,60)(H,52,59). The van der Waals surface area contributed by atoms with Gasteiger partial charge in [-0.25, -0.2) is 4.79 Å². The number of carbonyl (C=O) groups excluding carboxylic acids is 6. The van der Waals surface area contributed by atoms with E-state index >= 15 is 0 Å². The first-order valence-electron chi connectivity index (χ1n) is 20.6. The Bertz CT molecular complexity index is 2620. The van der Waals surface area contributed by atoms with Gasteiger partial charge in [0.2, 0.25) is 29.5 Å². The molecule has 322 valence electrons. The number of nitrogens with two attached hydrogens (primary N) is 1. The monoisotopic (exact) mass is 843 g/mol. The number of benzene rings is 3. The number of aromatic hydroxyl groups is 1. The van der Waals surface area contributed by atoms with Crippen molar-refractivity contribution in [3.63, 3.8) is 0 Å². The summed E-state index contributed by atoms with van der Waals surface area (Å²) in [5.41, 5.74) is 9.24. The molecule has 2 aromatic heterocycles. The molecule has 3 aromatic carbocycles. The Morgan fingerprint density at radius 2 is 1.68 bits per heavy atom. The number of ketones is 1. The first-order chi connectivity index (χ1) is 29.7. The molecule has 2 fully saturated rings. The first kappa shape index (κ1) is 42.9. The summed E-state index contributed by atoms with van der Waals surface area (Å²) >= 11 is 0. The summed E-state index contributed by atoms with van der Waals surface area (Å²) in [6, 6.07) is 15.9. The van der Waals surface area contributed by atoms with Gasteiger partial charge in [-0.3, -0.25) is 28.8 Å². The number of allylic oxidation sites excluding steroid dienone is 1. The van der Waals surface area contributed by atoms with Crippen molar-refractivity contribution < 1.29 is 38.3 Å². The maximum atomic E-state index is 14.6. The third kappa shape index (κ3) is 10.0. The van der Waals surface area contributed by atoms with E-state index in [0.29, 0.717) is 47.2 Å². The third-order valence-corrected chi connectivity index (χ3v) is 11.5. The number of nitrogens with one attached hydrogen (secondary N) is 5. The van der Waals surface area contributed by atoms with Crippen LogP contribution in [0.5, 0.6) is 5.75 Å². The minimum atomic E-state index is -1.33. The topological polar surface area (TPSA) is 246 Å². The van der Waals surface area contributed by atoms with E-state index in [-0.39, 0.29) is 43.6 Å². The molecule has 0 saturated carbocycles. The summed E-state index contributed by atoms with van der Waals surface area (Å²) in [6.07, 6.45) is 2.85. The van der Waals surface area contributed by atoms with Crippen LogP contribution in [-0.4, -0.2) is 81.0 Å². The van der Waals surface area contributed by atoms with Crippen molar-refractivity contribution in [2.75, 3.05) is 11.9 Å². The maximum absolute atomic E-state index is 14.6. The maximum Gasteiger partial charge on any atom is 0.336 e. The van der Waals surface area contributed by atoms with Crippen molar-refractivity contribution in [1.82, 2.24) is 25.8 Å². The van der Waals surface area contributed by atoms with Gasteiger partial charge in [-0.2, -0.15) is 0 Å². The van der Waals surface area contributed by atoms with Gasteiger partial charge in [-0.05, 0) is 92.5 Å². The molecule has 5 aromatic rings. The number of phenols is 1. The van der Waals surface area contributed by atoms with Crippen LogP contribution in [0, 0.1) is 12.8 Å². The van der Waals surface area contributed by atoms with E-state index < -0.39 is 77.5 Å². The van der Waals surface area contributed by atoms with Crippen molar-refractivity contribution in [1.29, 1.82) is 0 Å². The number of phenolic OH excluding ortho intramolecular Hbond substituents is 1. The van der Waals surface area contributed by atoms with Gasteiger partial charge in [0.25, 0.3) is 0 Å². The van der Waals surface area contributed by atoms with E-state index in [1.165, 1.54) is 23.1 Å². The van der Waals surface area contributed by atoms with Gasteiger partial charge >= 0.3 is 5.63 Å². The highest BCUT2D eigenvalue weighted by atomic mass is 16.4. The zero-order valence-electron chi connectivity index (χ0n) is 34.2. The molecule has 0 radical (unpaired) electrons. The summed E-state index contributed by atoms with van der Waals surface area (Å²) in [7, 11) is 0. The highest BCUT2D eigenvalue weighted by Crippen LogP contribution is 2.27. The first-order valence-corrected chi connectivity index (χ1v) is 20.6. The molecule has 7 rings (SSSR count). The lowest BCUT2D eigenvalue weighted by atomic mass is 9.89. The van der Waals surface area contributed by atoms with Crippen LogP contribution in [0.1, 0.15) is 55.2 Å². The smallest absolute Gasteiger partial charge is 0.336 e. The molecule has 2 saturated heterocycles. The number of primary amides is 1. The van der Waals surface area contributed by atoms with Crippen molar-refractivity contribution in [3.05, 3.63) is 118 Å². The number of Topliss-reactive ketones (excluding diaryl/α,β-unsaturated/α-hetero) is 1. The number of amides is 5. The number of hydrogen-bond donors (Lipinski definition) is 7. The van der Waals surface area contributed by atoms with E-state index in [2.05, 4.69) is 32.8 Å². The van der Waals surface area contributed by atoms with Gasteiger partial charge in [0.1, 0.15) is 29.5 Å². The molecule has 5 unspecified atom stereocenters. The quantitative estimate of drug-likeness (QED) is 0.0714. The average Bonchev–Trinajstić information content (AvgIpc) is 4.01. The number of fused-ring (bicyclic) bond motifs is 2. The number of H-pyrrole nitrogens is 1. The van der Waals surface area contributed by atoms with E-state index in [9.17, 15) is 38.7 Å². The van der Waals surface area contributed by atoms with Crippen LogP contribution in [-0.2, 0) is 41.6 Å². The van der Waals surface area contributed by atoms with Gasteiger partial charge in [-0.15, -0.1) is 0 Å². The van der Waals surface area contributed by atoms with Crippen molar-refractivity contribution in [2.45, 2.75) is 82.5 Å². The lowest BCUT2D eigenvalue weighted by molar-refractivity contribution is -0.143. The molecule has 0 spiro atoms. The second-order valence-electron chi connectivity index (χ2n) is 16.1. The number of carbonyl (C=O) groups is 6. The number of nitrogens with zero attached hydrogens (tertiary/aromatic N) is 1. The fraction of sp³-hybridized carbons (Fsp3) is 0.326. The van der Waals surface area contributed by atoms with Crippen LogP contribution >= 0.6 is 0 Å². The van der Waals surface area contributed by atoms with Crippen LogP contribution in [0.2, 0.25) is 0 Å². The Balaban J connectivity index is 1.14. The fourth-order valence-corrected chi connectivity index (χ4v) is 8.32. The van der Waals surface area contributed by atoms with E-state index in [1.54, 1.807) is 43.5 Å². The summed E-state index contributed by atoms with van der Waals surface area (Å²) in [6.45, 7) is 5.77. The summed E-state index contributed by atoms with van der Waals surface area (Å²) in [4.78, 5) is 98.9. The van der Waals surface area contributed by atoms with Gasteiger partial charge < -0.3 is 46.4 Å². The number of hydrogen-bond acceptors (Lipinski definition) is 10. The van der Waals surface area contributed by atoms with Gasteiger partial charge in [0, 0.05) is 64.9 Å². The number of aromatic nitrogens is 1. The van der Waals surface area contributed by atoms with Crippen LogP contribution in [0.25, 0.3) is 21.9 Å². The Kier molecular flexibility index (Phi) is 12.9. The Morgan fingerprint density at radius 3 is 2.42 bits per heavy atom. The normalized spacial score (nSPS) is 17.6. The largest absolute Gasteiger partial charge is 0.508 e. The molecule has 62 heavy (non-hydrogen) atoms. The van der Waals surface area contributed by atoms with Gasteiger partial charge in [0.05, 0.1) is 12.5 Å². The molecule has 16 nitrogen and oxygen atoms in total. The molecule has 16 heteroatoms. The summed E-state index contributed by atoms with van der Waals surface area (Å²) in [5, 5.41) is 22.9. The predicted octanol–water partition coefficient (Wildman–Crippen LogP) is 3.39. The molecule has 2 aliphatic rings. The van der Waals surface area contributed by atoms with Gasteiger partial charge in [-0.1, -0.05) is 36.9 Å². The minimum absolute atomic E-state index is 0.00393. The molecule has 5 atom stereocenters. The highest BCUT2D eigenvalue weighted by molar-refractivity contribution is 6.00. The molecular weight excluding hydrogens is 795 g/mol. The van der Waals surface area contributed by atoms with Crippen molar-refractivity contribution >= 4 is 62.9 Å². The Labute approximate surface area is 356 Å². The number of rotatable bonds is 16. The Morgan fingerprint density at radius 1 is 0.919 bits per heavy atom. The second kappa shape index (κ2) is 18.6. The number of likely N-dealkylation sites (tertiary alicyclic amines) is 1. The van der Waals surface area contributed by atoms with Crippen LogP contribution in [0.15, 0.2) is 100 Å². The third-order valence-electron chi connectivity index (χ3n) is 11.5. The molecule has 2 aliphatic heterocycles. The number of aromatic amines is 1. The van der Waals surface area contributed by atoms with Crippen LogP contribution in [0.3, 0.4) is 0 Å². The SMILES string of the molecule is C=C1CCC(C(=O)NC(CC(N)=O)C(=O)N2CCCC2C(=O)NC(Cc2ccc(O)cc2)C(=O)CC(Cc2c[nH]c3ccccc23)C(=O)Nc2ccc3c(C)cc(=O)oc3c2)N1.